The summed E-state index contributed by atoms with van der Waals surface area (Å²) in [4.78, 5) is 22.4. The van der Waals surface area contributed by atoms with Crippen molar-refractivity contribution in [1.29, 1.82) is 0 Å². The number of anilines is 1. The van der Waals surface area contributed by atoms with Crippen LogP contribution in [0, 0.1) is 0 Å². The first kappa shape index (κ1) is 14.9. The highest BCUT2D eigenvalue weighted by Crippen LogP contribution is 2.21. The normalized spacial score (nSPS) is 11.9. The van der Waals surface area contributed by atoms with Crippen LogP contribution in [0.15, 0.2) is 24.3 Å². The van der Waals surface area contributed by atoms with E-state index in [4.69, 9.17) is 16.7 Å². The first-order valence-corrected chi connectivity index (χ1v) is 6.86. The fourth-order valence-electron chi connectivity index (χ4n) is 1.29. The van der Waals surface area contributed by atoms with Gasteiger partial charge >= 0.3 is 5.97 Å². The predicted octanol–water partition coefficient (Wildman–Crippen LogP) is 2.87. The molecular weight excluding hydrogens is 274 g/mol. The summed E-state index contributed by atoms with van der Waals surface area (Å²) in [5.74, 6) is -1.06. The zero-order valence-corrected chi connectivity index (χ0v) is 11.4. The number of thioether (sulfide) groups is 1. The van der Waals surface area contributed by atoms with E-state index >= 15 is 0 Å². The molecule has 0 saturated carbocycles. The van der Waals surface area contributed by atoms with Crippen LogP contribution in [0.1, 0.15) is 13.3 Å². The number of hydrogen-bond donors (Lipinski definition) is 2. The summed E-state index contributed by atoms with van der Waals surface area (Å²) in [6.45, 7) is 1.78. The van der Waals surface area contributed by atoms with E-state index in [-0.39, 0.29) is 11.7 Å². The Morgan fingerprint density at radius 2 is 2.11 bits per heavy atom. The number of carboxylic acids is 1. The molecule has 0 spiro atoms. The zero-order valence-electron chi connectivity index (χ0n) is 9.85. The molecule has 0 heterocycles. The number of rotatable bonds is 6. The van der Waals surface area contributed by atoms with Crippen LogP contribution in [0.3, 0.4) is 0 Å². The highest BCUT2D eigenvalue weighted by Gasteiger charge is 2.17. The molecule has 1 atom stereocenters. The molecule has 0 radical (unpaired) electrons. The van der Waals surface area contributed by atoms with E-state index in [1.165, 1.54) is 0 Å². The SMILES string of the molecule is CCC(SCC(=O)Nc1ccccc1Cl)C(=O)O. The summed E-state index contributed by atoms with van der Waals surface area (Å²) in [5, 5.41) is 11.4. The van der Waals surface area contributed by atoms with E-state index in [0.717, 1.165) is 11.8 Å². The lowest BCUT2D eigenvalue weighted by atomic mass is 10.3. The van der Waals surface area contributed by atoms with Crippen LogP contribution in [0.4, 0.5) is 5.69 Å². The summed E-state index contributed by atoms with van der Waals surface area (Å²) in [6, 6.07) is 6.90. The molecule has 1 aromatic carbocycles. The first-order chi connectivity index (χ1) is 8.54. The van der Waals surface area contributed by atoms with E-state index in [9.17, 15) is 9.59 Å². The van der Waals surface area contributed by atoms with Crippen molar-refractivity contribution in [3.63, 3.8) is 0 Å². The van der Waals surface area contributed by atoms with Gasteiger partial charge in [0.2, 0.25) is 5.91 Å². The van der Waals surface area contributed by atoms with Gasteiger partial charge in [0.05, 0.1) is 16.5 Å². The quantitative estimate of drug-likeness (QED) is 0.844. The topological polar surface area (TPSA) is 66.4 Å². The van der Waals surface area contributed by atoms with E-state index in [1.807, 2.05) is 0 Å². The Labute approximate surface area is 115 Å². The van der Waals surface area contributed by atoms with Crippen LogP contribution in [0.25, 0.3) is 0 Å². The third kappa shape index (κ3) is 4.58. The number of aliphatic carboxylic acids is 1. The number of amides is 1. The maximum absolute atomic E-state index is 11.6. The minimum absolute atomic E-state index is 0.0933. The van der Waals surface area contributed by atoms with Crippen molar-refractivity contribution in [2.45, 2.75) is 18.6 Å². The molecule has 0 saturated heterocycles. The lowest BCUT2D eigenvalue weighted by Gasteiger charge is -2.10. The van der Waals surface area contributed by atoms with Crippen LogP contribution < -0.4 is 5.32 Å². The van der Waals surface area contributed by atoms with Gasteiger partial charge in [0, 0.05) is 0 Å². The van der Waals surface area contributed by atoms with Gasteiger partial charge in [-0.05, 0) is 18.6 Å². The molecule has 0 bridgehead atoms. The minimum Gasteiger partial charge on any atom is -0.480 e. The molecule has 98 valence electrons. The molecule has 0 fully saturated rings. The van der Waals surface area contributed by atoms with Gasteiger partial charge in [-0.3, -0.25) is 9.59 Å². The molecule has 2 N–H and O–H groups in total. The predicted molar refractivity (Wildman–Crippen MR) is 74.3 cm³/mol. The monoisotopic (exact) mass is 287 g/mol. The van der Waals surface area contributed by atoms with Gasteiger partial charge in [-0.2, -0.15) is 0 Å². The number of carbonyl (C=O) groups is 2. The van der Waals surface area contributed by atoms with E-state index in [2.05, 4.69) is 5.32 Å². The van der Waals surface area contributed by atoms with Crippen molar-refractivity contribution in [2.75, 3.05) is 11.1 Å². The second-order valence-corrected chi connectivity index (χ2v) is 5.17. The fraction of sp³-hybridized carbons (Fsp3) is 0.333. The van der Waals surface area contributed by atoms with Crippen molar-refractivity contribution in [3.05, 3.63) is 29.3 Å². The van der Waals surface area contributed by atoms with Gasteiger partial charge in [0.15, 0.2) is 0 Å². The van der Waals surface area contributed by atoms with Gasteiger partial charge < -0.3 is 10.4 Å². The van der Waals surface area contributed by atoms with Crippen LogP contribution in [-0.2, 0) is 9.59 Å². The molecule has 18 heavy (non-hydrogen) atoms. The Bertz CT molecular complexity index is 439. The number of benzene rings is 1. The van der Waals surface area contributed by atoms with Crippen molar-refractivity contribution >= 4 is 40.9 Å². The Balaban J connectivity index is 2.48. The van der Waals surface area contributed by atoms with Crippen molar-refractivity contribution in [1.82, 2.24) is 0 Å². The Morgan fingerprint density at radius 3 is 2.67 bits per heavy atom. The van der Waals surface area contributed by atoms with Gasteiger partial charge in [0.1, 0.15) is 5.25 Å². The highest BCUT2D eigenvalue weighted by atomic mass is 35.5. The largest absolute Gasteiger partial charge is 0.480 e. The summed E-state index contributed by atoms with van der Waals surface area (Å²) in [5.41, 5.74) is 0.535. The first-order valence-electron chi connectivity index (χ1n) is 5.43. The lowest BCUT2D eigenvalue weighted by molar-refractivity contribution is -0.136. The van der Waals surface area contributed by atoms with Crippen molar-refractivity contribution in [3.8, 4) is 0 Å². The van der Waals surface area contributed by atoms with Crippen LogP contribution in [-0.4, -0.2) is 28.0 Å². The molecule has 0 aliphatic carbocycles. The zero-order chi connectivity index (χ0) is 13.5. The van der Waals surface area contributed by atoms with Crippen LogP contribution in [0.2, 0.25) is 5.02 Å². The summed E-state index contributed by atoms with van der Waals surface area (Å²) in [7, 11) is 0. The number of hydrogen-bond acceptors (Lipinski definition) is 3. The Morgan fingerprint density at radius 1 is 1.44 bits per heavy atom. The molecule has 6 heteroatoms. The van der Waals surface area contributed by atoms with Crippen molar-refractivity contribution < 1.29 is 14.7 Å². The third-order valence-corrected chi connectivity index (χ3v) is 3.91. The molecule has 0 aliphatic rings. The molecular formula is C12H14ClNO3S. The van der Waals surface area contributed by atoms with Gasteiger partial charge in [-0.1, -0.05) is 30.7 Å². The standard InChI is InChI=1S/C12H14ClNO3S/c1-2-10(12(16)17)18-7-11(15)14-9-6-4-3-5-8(9)13/h3-6,10H,2,7H2,1H3,(H,14,15)(H,16,17). The maximum Gasteiger partial charge on any atom is 0.316 e. The number of para-hydroxylation sites is 1. The molecule has 1 amide bonds. The Kier molecular flexibility index (Phi) is 6.01. The average molecular weight is 288 g/mol. The number of halogens is 1. The number of carbonyl (C=O) groups excluding carboxylic acids is 1. The Hall–Kier alpha value is -1.20. The van der Waals surface area contributed by atoms with Crippen LogP contribution >= 0.6 is 23.4 Å². The average Bonchev–Trinajstić information content (AvgIpc) is 2.32. The fourth-order valence-corrected chi connectivity index (χ4v) is 2.27. The van der Waals surface area contributed by atoms with Gasteiger partial charge in [0.25, 0.3) is 0 Å². The molecule has 0 aliphatic heterocycles. The number of nitrogens with one attached hydrogen (secondary N) is 1. The third-order valence-electron chi connectivity index (χ3n) is 2.21. The summed E-state index contributed by atoms with van der Waals surface area (Å²) < 4.78 is 0. The maximum atomic E-state index is 11.6. The molecule has 0 aromatic heterocycles. The summed E-state index contributed by atoms with van der Waals surface area (Å²) >= 11 is 7.00. The lowest BCUT2D eigenvalue weighted by Crippen LogP contribution is -2.21. The van der Waals surface area contributed by atoms with Gasteiger partial charge in [-0.15, -0.1) is 11.8 Å². The van der Waals surface area contributed by atoms with E-state index < -0.39 is 11.2 Å². The molecule has 1 unspecified atom stereocenters. The minimum atomic E-state index is -0.895. The second kappa shape index (κ2) is 7.28. The highest BCUT2D eigenvalue weighted by molar-refractivity contribution is 8.01. The summed E-state index contributed by atoms with van der Waals surface area (Å²) in [6.07, 6.45) is 0.485. The molecule has 4 nitrogen and oxygen atoms in total. The molecule has 1 aromatic rings. The number of carboxylic acid groups (broad SMARTS) is 1. The van der Waals surface area contributed by atoms with Crippen molar-refractivity contribution in [2.24, 2.45) is 0 Å². The van der Waals surface area contributed by atoms with Gasteiger partial charge in [-0.25, -0.2) is 0 Å². The second-order valence-electron chi connectivity index (χ2n) is 3.57. The van der Waals surface area contributed by atoms with E-state index in [1.54, 1.807) is 31.2 Å². The molecule has 1 rings (SSSR count). The van der Waals surface area contributed by atoms with E-state index in [0.29, 0.717) is 17.1 Å². The van der Waals surface area contributed by atoms with Crippen LogP contribution in [0.5, 0.6) is 0 Å². The smallest absolute Gasteiger partial charge is 0.316 e.